The predicted octanol–water partition coefficient (Wildman–Crippen LogP) is 3.38. The van der Waals surface area contributed by atoms with Gasteiger partial charge < -0.3 is 10.2 Å². The van der Waals surface area contributed by atoms with Gasteiger partial charge in [0.1, 0.15) is 0 Å². The molecular formula is C21H33IN6S. The lowest BCUT2D eigenvalue weighted by Gasteiger charge is -2.32. The molecule has 2 aliphatic heterocycles. The number of aliphatic imine (C=N–C) groups is 1. The Labute approximate surface area is 195 Å². The number of aryl methyl sites for hydroxylation is 1. The van der Waals surface area contributed by atoms with Gasteiger partial charge in [0.2, 0.25) is 0 Å². The number of piperidine rings is 1. The molecule has 1 unspecified atom stereocenters. The summed E-state index contributed by atoms with van der Waals surface area (Å²) in [6.07, 6.45) is 7.87. The number of halogens is 1. The Bertz CT molecular complexity index is 766. The normalized spacial score (nSPS) is 21.4. The van der Waals surface area contributed by atoms with E-state index < -0.39 is 0 Å². The Hall–Kier alpha value is -1.13. The van der Waals surface area contributed by atoms with Crippen LogP contribution in [0.15, 0.2) is 34.9 Å². The maximum atomic E-state index is 4.55. The Balaban J connectivity index is 0.00000240. The summed E-state index contributed by atoms with van der Waals surface area (Å²) in [5.74, 6) is 2.37. The van der Waals surface area contributed by atoms with E-state index in [0.717, 1.165) is 38.1 Å². The summed E-state index contributed by atoms with van der Waals surface area (Å²) in [5.41, 5.74) is 1.35. The van der Waals surface area contributed by atoms with Gasteiger partial charge in [-0.2, -0.15) is 5.10 Å². The molecule has 29 heavy (non-hydrogen) atoms. The van der Waals surface area contributed by atoms with Crippen molar-refractivity contribution in [2.45, 2.75) is 31.7 Å². The smallest absolute Gasteiger partial charge is 0.193 e. The number of rotatable bonds is 5. The molecular weight excluding hydrogens is 495 g/mol. The number of thiophene rings is 1. The van der Waals surface area contributed by atoms with Gasteiger partial charge in [0.05, 0.1) is 6.20 Å². The first-order valence-electron chi connectivity index (χ1n) is 10.4. The largest absolute Gasteiger partial charge is 0.356 e. The van der Waals surface area contributed by atoms with E-state index in [1.165, 1.54) is 42.8 Å². The first-order valence-corrected chi connectivity index (χ1v) is 11.3. The highest BCUT2D eigenvalue weighted by molar-refractivity contribution is 14.0. The molecule has 1 N–H and O–H groups in total. The number of guanidine groups is 1. The van der Waals surface area contributed by atoms with Crippen molar-refractivity contribution in [2.75, 3.05) is 39.8 Å². The Morgan fingerprint density at radius 3 is 2.76 bits per heavy atom. The van der Waals surface area contributed by atoms with E-state index in [2.05, 4.69) is 48.9 Å². The quantitative estimate of drug-likeness (QED) is 0.368. The zero-order chi connectivity index (χ0) is 19.3. The summed E-state index contributed by atoms with van der Waals surface area (Å²) in [6.45, 7) is 6.66. The molecule has 2 fully saturated rings. The molecule has 1 atom stereocenters. The molecule has 2 aliphatic rings. The number of likely N-dealkylation sites (tertiary alicyclic amines) is 2. The van der Waals surface area contributed by atoms with Crippen LogP contribution in [0.1, 0.15) is 35.6 Å². The molecule has 4 rings (SSSR count). The Kier molecular flexibility index (Phi) is 8.37. The zero-order valence-electron chi connectivity index (χ0n) is 17.5. The highest BCUT2D eigenvalue weighted by atomic mass is 127. The second-order valence-electron chi connectivity index (χ2n) is 8.11. The minimum Gasteiger partial charge on any atom is -0.356 e. The highest BCUT2D eigenvalue weighted by Gasteiger charge is 2.27. The van der Waals surface area contributed by atoms with E-state index in [-0.39, 0.29) is 24.0 Å². The summed E-state index contributed by atoms with van der Waals surface area (Å²) < 4.78 is 1.90. The second-order valence-corrected chi connectivity index (χ2v) is 9.14. The van der Waals surface area contributed by atoms with E-state index in [9.17, 15) is 0 Å². The third-order valence-electron chi connectivity index (χ3n) is 6.11. The van der Waals surface area contributed by atoms with Gasteiger partial charge in [-0.3, -0.25) is 14.6 Å². The maximum Gasteiger partial charge on any atom is 0.193 e. The lowest BCUT2D eigenvalue weighted by atomic mass is 9.97. The third kappa shape index (κ3) is 5.95. The van der Waals surface area contributed by atoms with Crippen LogP contribution in [-0.2, 0) is 13.6 Å². The van der Waals surface area contributed by atoms with Gasteiger partial charge in [-0.15, -0.1) is 35.3 Å². The Morgan fingerprint density at radius 1 is 1.28 bits per heavy atom. The van der Waals surface area contributed by atoms with Crippen molar-refractivity contribution in [1.29, 1.82) is 0 Å². The van der Waals surface area contributed by atoms with E-state index >= 15 is 0 Å². The van der Waals surface area contributed by atoms with E-state index in [4.69, 9.17) is 0 Å². The van der Waals surface area contributed by atoms with Crippen LogP contribution in [0.3, 0.4) is 0 Å². The minimum absolute atomic E-state index is 0. The summed E-state index contributed by atoms with van der Waals surface area (Å²) in [7, 11) is 3.89. The van der Waals surface area contributed by atoms with Crippen LogP contribution in [0.4, 0.5) is 0 Å². The minimum atomic E-state index is 0. The van der Waals surface area contributed by atoms with Crippen LogP contribution in [0.25, 0.3) is 0 Å². The SMILES string of the molecule is CN=C(NCC1CCN(Cc2cccs2)CC1)N1CCC(c2cnn(C)c2)C1.I. The molecule has 2 aromatic rings. The summed E-state index contributed by atoms with van der Waals surface area (Å²) >= 11 is 1.87. The number of nitrogens with zero attached hydrogens (tertiary/aromatic N) is 5. The number of nitrogens with one attached hydrogen (secondary N) is 1. The van der Waals surface area contributed by atoms with E-state index in [1.807, 2.05) is 36.3 Å². The molecule has 0 aliphatic carbocycles. The molecule has 4 heterocycles. The molecule has 160 valence electrons. The fourth-order valence-electron chi connectivity index (χ4n) is 4.42. The number of hydrogen-bond acceptors (Lipinski definition) is 4. The van der Waals surface area contributed by atoms with Crippen molar-refractivity contribution < 1.29 is 0 Å². The van der Waals surface area contributed by atoms with Crippen molar-refractivity contribution in [1.82, 2.24) is 24.9 Å². The molecule has 0 radical (unpaired) electrons. The standard InChI is InChI=1S/C21H32N6S.HI/c1-22-21(27-10-7-18(15-27)19-13-24-25(2)14-19)23-12-17-5-8-26(9-6-17)16-20-4-3-11-28-20;/h3-4,11,13-14,17-18H,5-10,12,15-16H2,1-2H3,(H,22,23);1H. The van der Waals surface area contributed by atoms with Crippen LogP contribution < -0.4 is 5.32 Å². The molecule has 6 nitrogen and oxygen atoms in total. The van der Waals surface area contributed by atoms with Crippen LogP contribution in [0, 0.1) is 5.92 Å². The average molecular weight is 529 g/mol. The van der Waals surface area contributed by atoms with Crippen LogP contribution in [0.5, 0.6) is 0 Å². The Morgan fingerprint density at radius 2 is 2.10 bits per heavy atom. The van der Waals surface area contributed by atoms with Crippen molar-refractivity contribution in [3.63, 3.8) is 0 Å². The first kappa shape index (κ1) is 22.6. The van der Waals surface area contributed by atoms with Gasteiger partial charge in [0.25, 0.3) is 0 Å². The van der Waals surface area contributed by atoms with E-state index in [1.54, 1.807) is 0 Å². The van der Waals surface area contributed by atoms with Crippen molar-refractivity contribution in [3.05, 3.63) is 40.3 Å². The fourth-order valence-corrected chi connectivity index (χ4v) is 5.16. The average Bonchev–Trinajstić information content (AvgIpc) is 3.46. The predicted molar refractivity (Wildman–Crippen MR) is 131 cm³/mol. The van der Waals surface area contributed by atoms with Gasteiger partial charge in [-0.1, -0.05) is 6.07 Å². The van der Waals surface area contributed by atoms with Gasteiger partial charge >= 0.3 is 0 Å². The lowest BCUT2D eigenvalue weighted by Crippen LogP contribution is -2.44. The van der Waals surface area contributed by atoms with Gasteiger partial charge in [0.15, 0.2) is 5.96 Å². The van der Waals surface area contributed by atoms with E-state index in [0.29, 0.717) is 5.92 Å². The third-order valence-corrected chi connectivity index (χ3v) is 6.97. The van der Waals surface area contributed by atoms with Crippen molar-refractivity contribution >= 4 is 41.3 Å². The number of hydrogen-bond donors (Lipinski definition) is 1. The van der Waals surface area contributed by atoms with Gasteiger partial charge in [-0.25, -0.2) is 0 Å². The van der Waals surface area contributed by atoms with Gasteiger partial charge in [-0.05, 0) is 55.3 Å². The van der Waals surface area contributed by atoms with Crippen LogP contribution in [0.2, 0.25) is 0 Å². The zero-order valence-corrected chi connectivity index (χ0v) is 20.6. The van der Waals surface area contributed by atoms with Crippen LogP contribution >= 0.6 is 35.3 Å². The topological polar surface area (TPSA) is 48.7 Å². The number of aromatic nitrogens is 2. The molecule has 0 amide bonds. The summed E-state index contributed by atoms with van der Waals surface area (Å²) in [4.78, 5) is 11.0. The lowest BCUT2D eigenvalue weighted by molar-refractivity contribution is 0.179. The fraction of sp³-hybridized carbons (Fsp3) is 0.619. The maximum absolute atomic E-state index is 4.55. The molecule has 0 bridgehead atoms. The van der Waals surface area contributed by atoms with Crippen molar-refractivity contribution in [2.24, 2.45) is 18.0 Å². The van der Waals surface area contributed by atoms with Gasteiger partial charge in [0, 0.05) is 57.3 Å². The monoisotopic (exact) mass is 528 g/mol. The first-order chi connectivity index (χ1) is 13.7. The van der Waals surface area contributed by atoms with Crippen LogP contribution in [-0.4, -0.2) is 65.3 Å². The molecule has 0 saturated carbocycles. The molecule has 2 aromatic heterocycles. The summed E-state index contributed by atoms with van der Waals surface area (Å²) in [5, 5.41) is 10.2. The highest BCUT2D eigenvalue weighted by Crippen LogP contribution is 2.27. The molecule has 8 heteroatoms. The van der Waals surface area contributed by atoms with Crippen molar-refractivity contribution in [3.8, 4) is 0 Å². The molecule has 2 saturated heterocycles. The molecule has 0 aromatic carbocycles. The summed E-state index contributed by atoms with van der Waals surface area (Å²) in [6, 6.07) is 4.40. The molecule has 0 spiro atoms. The second kappa shape index (κ2) is 10.8.